The summed E-state index contributed by atoms with van der Waals surface area (Å²) < 4.78 is 0. The fourth-order valence-corrected chi connectivity index (χ4v) is 4.13. The molecule has 1 unspecified atom stereocenters. The molecule has 1 atom stereocenters. The van der Waals surface area contributed by atoms with Crippen molar-refractivity contribution in [2.45, 2.75) is 24.3 Å². The van der Waals surface area contributed by atoms with Gasteiger partial charge in [0.05, 0.1) is 5.41 Å². The van der Waals surface area contributed by atoms with Gasteiger partial charge in [0.1, 0.15) is 0 Å². The highest BCUT2D eigenvalue weighted by Crippen LogP contribution is 2.45. The smallest absolute Gasteiger partial charge is 0.0616 e. The Morgan fingerprint density at radius 3 is 1.77 bits per heavy atom. The second-order valence-electron chi connectivity index (χ2n) is 6.56. The van der Waals surface area contributed by atoms with E-state index in [-0.39, 0.29) is 6.04 Å². The monoisotopic (exact) mass is 364 g/mol. The van der Waals surface area contributed by atoms with Crippen LogP contribution in [0.15, 0.2) is 84.9 Å². The molecule has 0 fully saturated rings. The minimum Gasteiger partial charge on any atom is -0.330 e. The van der Waals surface area contributed by atoms with Gasteiger partial charge >= 0.3 is 0 Å². The second-order valence-corrected chi connectivity index (χ2v) is 6.96. The lowest BCUT2D eigenvalue weighted by atomic mass is 9.64. The molecular weight excluding hydrogens is 340 g/mol. The standard InChI is InChI=1S/C23H25ClN2/c24-21-15-8-7-14-20(21)23(22(26)16-9-17-25,18-10-3-1-4-11-18)19-12-5-2-6-13-19/h1-8,10-15,22H,9,16-17,25-26H2. The maximum Gasteiger partial charge on any atom is 0.0616 e. The molecule has 3 aromatic rings. The van der Waals surface area contributed by atoms with E-state index in [0.29, 0.717) is 6.54 Å². The zero-order valence-electron chi connectivity index (χ0n) is 14.8. The zero-order chi connectivity index (χ0) is 18.4. The van der Waals surface area contributed by atoms with Gasteiger partial charge in [0.25, 0.3) is 0 Å². The largest absolute Gasteiger partial charge is 0.330 e. The molecule has 0 bridgehead atoms. The quantitative estimate of drug-likeness (QED) is 0.595. The highest BCUT2D eigenvalue weighted by Gasteiger charge is 2.42. The van der Waals surface area contributed by atoms with Crippen LogP contribution in [0.5, 0.6) is 0 Å². The SMILES string of the molecule is NCCCC(N)C(c1ccccc1)(c1ccccc1)c1ccccc1Cl. The Morgan fingerprint density at radius 1 is 0.769 bits per heavy atom. The topological polar surface area (TPSA) is 52.0 Å². The van der Waals surface area contributed by atoms with Crippen molar-refractivity contribution in [1.29, 1.82) is 0 Å². The van der Waals surface area contributed by atoms with Crippen molar-refractivity contribution in [2.24, 2.45) is 11.5 Å². The summed E-state index contributed by atoms with van der Waals surface area (Å²) in [5, 5.41) is 0.725. The van der Waals surface area contributed by atoms with Crippen LogP contribution >= 0.6 is 11.6 Å². The maximum absolute atomic E-state index is 6.89. The van der Waals surface area contributed by atoms with Gasteiger partial charge in [0.15, 0.2) is 0 Å². The number of hydrogen-bond acceptors (Lipinski definition) is 2. The van der Waals surface area contributed by atoms with Crippen molar-refractivity contribution < 1.29 is 0 Å². The third kappa shape index (κ3) is 3.41. The van der Waals surface area contributed by atoms with Crippen molar-refractivity contribution in [3.05, 3.63) is 107 Å². The molecule has 3 aromatic carbocycles. The molecule has 3 rings (SSSR count). The third-order valence-electron chi connectivity index (χ3n) is 5.03. The summed E-state index contributed by atoms with van der Waals surface area (Å²) in [7, 11) is 0. The Bertz CT molecular complexity index is 778. The van der Waals surface area contributed by atoms with E-state index in [1.807, 2.05) is 30.3 Å². The van der Waals surface area contributed by atoms with E-state index in [0.717, 1.165) is 34.6 Å². The highest BCUT2D eigenvalue weighted by atomic mass is 35.5. The van der Waals surface area contributed by atoms with Gasteiger partial charge in [-0.3, -0.25) is 0 Å². The molecule has 26 heavy (non-hydrogen) atoms. The van der Waals surface area contributed by atoms with E-state index in [2.05, 4.69) is 54.6 Å². The van der Waals surface area contributed by atoms with Crippen LogP contribution in [-0.2, 0) is 5.41 Å². The Hall–Kier alpha value is -2.13. The summed E-state index contributed by atoms with van der Waals surface area (Å²) in [6.45, 7) is 0.621. The predicted octanol–water partition coefficient (Wildman–Crippen LogP) is 4.74. The molecule has 3 heteroatoms. The van der Waals surface area contributed by atoms with Gasteiger partial charge in [-0.2, -0.15) is 0 Å². The number of halogens is 1. The van der Waals surface area contributed by atoms with Crippen LogP contribution in [0.2, 0.25) is 5.02 Å². The minimum atomic E-state index is -0.532. The Labute approximate surface area is 160 Å². The first-order valence-electron chi connectivity index (χ1n) is 9.03. The number of nitrogens with two attached hydrogens (primary N) is 2. The van der Waals surface area contributed by atoms with Gasteiger partial charge in [-0.05, 0) is 42.1 Å². The van der Waals surface area contributed by atoms with E-state index in [4.69, 9.17) is 23.1 Å². The van der Waals surface area contributed by atoms with Crippen molar-refractivity contribution in [2.75, 3.05) is 6.54 Å². The Morgan fingerprint density at radius 2 is 1.27 bits per heavy atom. The maximum atomic E-state index is 6.89. The average Bonchev–Trinajstić information content (AvgIpc) is 2.70. The van der Waals surface area contributed by atoms with Gasteiger partial charge in [0.2, 0.25) is 0 Å². The predicted molar refractivity (Wildman–Crippen MR) is 110 cm³/mol. The van der Waals surface area contributed by atoms with Gasteiger partial charge in [-0.15, -0.1) is 0 Å². The van der Waals surface area contributed by atoms with Crippen LogP contribution < -0.4 is 11.5 Å². The van der Waals surface area contributed by atoms with Crippen LogP contribution in [0.4, 0.5) is 0 Å². The van der Waals surface area contributed by atoms with Crippen LogP contribution in [0, 0.1) is 0 Å². The summed E-state index contributed by atoms with van der Waals surface area (Å²) >= 11 is 6.71. The molecule has 0 heterocycles. The second kappa shape index (κ2) is 8.50. The van der Waals surface area contributed by atoms with E-state index in [1.54, 1.807) is 0 Å². The molecule has 0 spiro atoms. The average molecular weight is 365 g/mol. The van der Waals surface area contributed by atoms with Crippen molar-refractivity contribution in [3.8, 4) is 0 Å². The van der Waals surface area contributed by atoms with Crippen molar-refractivity contribution in [3.63, 3.8) is 0 Å². The molecule has 2 nitrogen and oxygen atoms in total. The van der Waals surface area contributed by atoms with Crippen LogP contribution in [0.25, 0.3) is 0 Å². The molecule has 0 saturated carbocycles. The first-order valence-corrected chi connectivity index (χ1v) is 9.40. The van der Waals surface area contributed by atoms with E-state index in [1.165, 1.54) is 0 Å². The van der Waals surface area contributed by atoms with E-state index >= 15 is 0 Å². The molecule has 4 N–H and O–H groups in total. The molecule has 0 radical (unpaired) electrons. The Kier molecular flexibility index (Phi) is 6.10. The minimum absolute atomic E-state index is 0.157. The van der Waals surface area contributed by atoms with Crippen LogP contribution in [0.1, 0.15) is 29.5 Å². The summed E-state index contributed by atoms with van der Waals surface area (Å²) in [6, 6.07) is 28.7. The molecule has 134 valence electrons. The van der Waals surface area contributed by atoms with E-state index < -0.39 is 5.41 Å². The highest BCUT2D eigenvalue weighted by molar-refractivity contribution is 6.31. The van der Waals surface area contributed by atoms with Crippen LogP contribution in [0.3, 0.4) is 0 Å². The molecule has 0 saturated heterocycles. The van der Waals surface area contributed by atoms with Gasteiger partial charge in [-0.1, -0.05) is 90.5 Å². The number of benzene rings is 3. The number of hydrogen-bond donors (Lipinski definition) is 2. The fraction of sp³-hybridized carbons (Fsp3) is 0.217. The molecule has 0 amide bonds. The molecular formula is C23H25ClN2. The summed E-state index contributed by atoms with van der Waals surface area (Å²) in [4.78, 5) is 0. The molecule has 0 aromatic heterocycles. The Balaban J connectivity index is 2.33. The summed E-state index contributed by atoms with van der Waals surface area (Å²) in [5.74, 6) is 0. The lowest BCUT2D eigenvalue weighted by Crippen LogP contribution is -2.47. The first kappa shape index (κ1) is 18.7. The van der Waals surface area contributed by atoms with Crippen molar-refractivity contribution >= 4 is 11.6 Å². The lowest BCUT2D eigenvalue weighted by Gasteiger charge is -2.41. The fourth-order valence-electron chi connectivity index (χ4n) is 3.84. The molecule has 0 aliphatic rings. The number of rotatable bonds is 7. The van der Waals surface area contributed by atoms with E-state index in [9.17, 15) is 0 Å². The first-order chi connectivity index (χ1) is 12.7. The van der Waals surface area contributed by atoms with Crippen molar-refractivity contribution in [1.82, 2.24) is 0 Å². The summed E-state index contributed by atoms with van der Waals surface area (Å²) in [5.41, 5.74) is 15.5. The molecule has 0 aliphatic carbocycles. The summed E-state index contributed by atoms with van der Waals surface area (Å²) in [6.07, 6.45) is 1.68. The van der Waals surface area contributed by atoms with Gasteiger partial charge < -0.3 is 11.5 Å². The van der Waals surface area contributed by atoms with Gasteiger partial charge in [0, 0.05) is 11.1 Å². The van der Waals surface area contributed by atoms with Crippen LogP contribution in [-0.4, -0.2) is 12.6 Å². The third-order valence-corrected chi connectivity index (χ3v) is 5.36. The zero-order valence-corrected chi connectivity index (χ0v) is 15.6. The molecule has 0 aliphatic heterocycles. The normalized spacial score (nSPS) is 12.7. The lowest BCUT2D eigenvalue weighted by molar-refractivity contribution is 0.439. The van der Waals surface area contributed by atoms with Gasteiger partial charge in [-0.25, -0.2) is 0 Å².